The summed E-state index contributed by atoms with van der Waals surface area (Å²) >= 11 is 6.01. The zero-order chi connectivity index (χ0) is 22.5. The first-order chi connectivity index (χ1) is 15.5. The fourth-order valence-electron chi connectivity index (χ4n) is 5.32. The molecule has 0 radical (unpaired) electrons. The summed E-state index contributed by atoms with van der Waals surface area (Å²) in [6, 6.07) is 22.5. The van der Waals surface area contributed by atoms with Gasteiger partial charge in [-0.15, -0.1) is 0 Å². The Labute approximate surface area is 190 Å². The van der Waals surface area contributed by atoms with E-state index in [1.165, 1.54) is 0 Å². The molecule has 1 aliphatic heterocycles. The molecule has 5 nitrogen and oxygen atoms in total. The first-order valence-electron chi connectivity index (χ1n) is 10.4. The molecule has 0 unspecified atom stereocenters. The predicted molar refractivity (Wildman–Crippen MR) is 121 cm³/mol. The van der Waals surface area contributed by atoms with Crippen LogP contribution in [0.3, 0.4) is 0 Å². The van der Waals surface area contributed by atoms with E-state index in [9.17, 15) is 14.4 Å². The lowest BCUT2D eigenvalue weighted by Gasteiger charge is -2.23. The molecule has 160 valence electrons. The third-order valence-electron chi connectivity index (χ3n) is 6.76. The van der Waals surface area contributed by atoms with E-state index >= 15 is 0 Å². The number of esters is 1. The van der Waals surface area contributed by atoms with Crippen LogP contribution in [0.15, 0.2) is 78.9 Å². The van der Waals surface area contributed by atoms with Crippen molar-refractivity contribution in [3.63, 3.8) is 0 Å². The first kappa shape index (κ1) is 20.5. The fraction of sp³-hybridized carbons (Fsp3) is 0.192. The van der Waals surface area contributed by atoms with Gasteiger partial charge >= 0.3 is 5.97 Å². The molecule has 2 aliphatic rings. The number of halogens is 1. The summed E-state index contributed by atoms with van der Waals surface area (Å²) in [6.07, 6.45) is 0.296. The van der Waals surface area contributed by atoms with Crippen molar-refractivity contribution in [1.29, 1.82) is 0 Å². The van der Waals surface area contributed by atoms with Crippen molar-refractivity contribution in [3.05, 3.63) is 95.0 Å². The van der Waals surface area contributed by atoms with Crippen molar-refractivity contribution < 1.29 is 19.1 Å². The topological polar surface area (TPSA) is 72.5 Å². The van der Waals surface area contributed by atoms with Gasteiger partial charge < -0.3 is 10.1 Å². The lowest BCUT2D eigenvalue weighted by molar-refractivity contribution is -0.147. The van der Waals surface area contributed by atoms with Gasteiger partial charge in [-0.05, 0) is 48.9 Å². The van der Waals surface area contributed by atoms with Crippen LogP contribution in [0.5, 0.6) is 5.75 Å². The number of anilines is 1. The number of Topliss-reactive ketones (excluding diaryl/α,β-unsaturated/α-hetero) is 1. The van der Waals surface area contributed by atoms with E-state index in [1.54, 1.807) is 60.7 Å². The second kappa shape index (κ2) is 7.31. The summed E-state index contributed by atoms with van der Waals surface area (Å²) in [5, 5.41) is 3.35. The highest BCUT2D eigenvalue weighted by molar-refractivity contribution is 6.30. The Morgan fingerprint density at radius 2 is 1.62 bits per heavy atom. The van der Waals surface area contributed by atoms with Gasteiger partial charge in [0.15, 0.2) is 11.2 Å². The van der Waals surface area contributed by atoms with Crippen LogP contribution >= 0.6 is 11.6 Å². The van der Waals surface area contributed by atoms with Crippen molar-refractivity contribution in [2.45, 2.75) is 19.3 Å². The zero-order valence-electron chi connectivity index (χ0n) is 17.3. The van der Waals surface area contributed by atoms with Gasteiger partial charge in [0.25, 0.3) is 0 Å². The number of fused-ring (bicyclic) bond motifs is 3. The number of nitrogens with one attached hydrogen (secondary N) is 1. The molecule has 1 saturated carbocycles. The summed E-state index contributed by atoms with van der Waals surface area (Å²) in [6.45, 7) is 1.83. The Hall–Kier alpha value is -3.44. The second-order valence-corrected chi connectivity index (χ2v) is 8.59. The highest BCUT2D eigenvalue weighted by Crippen LogP contribution is 2.80. The molecule has 1 aliphatic carbocycles. The molecule has 1 N–H and O–H groups in total. The summed E-state index contributed by atoms with van der Waals surface area (Å²) in [4.78, 5) is 41.1. The van der Waals surface area contributed by atoms with E-state index in [0.29, 0.717) is 34.0 Å². The summed E-state index contributed by atoms with van der Waals surface area (Å²) in [5.74, 6) is -1.72. The molecule has 6 heteroatoms. The van der Waals surface area contributed by atoms with Crippen LogP contribution in [0, 0.1) is 10.8 Å². The standard InChI is InChI=1S/C26H20ClNO4/c1-2-25(22(29)16-12-14-17(27)15-13-16)21-19-10-6-7-11-20(19)32-24(31)26(21,25)23(30)28-18-8-4-3-5-9-18/h3-15,21H,2H2,1H3,(H,28,30)/t21-,25-,26-/m1/s1. The molecule has 0 aromatic heterocycles. The number of amides is 1. The Bertz CT molecular complexity index is 1240. The van der Waals surface area contributed by atoms with Crippen molar-refractivity contribution >= 4 is 34.9 Å². The van der Waals surface area contributed by atoms with Crippen LogP contribution in [0.2, 0.25) is 5.02 Å². The number of hydrogen-bond donors (Lipinski definition) is 1. The minimum absolute atomic E-state index is 0.265. The smallest absolute Gasteiger partial charge is 0.328 e. The van der Waals surface area contributed by atoms with Crippen LogP contribution in [-0.4, -0.2) is 17.7 Å². The molecule has 0 spiro atoms. The number of carbonyl (C=O) groups excluding carboxylic acids is 3. The minimum atomic E-state index is -1.65. The van der Waals surface area contributed by atoms with Gasteiger partial charge in [-0.2, -0.15) is 0 Å². The maximum absolute atomic E-state index is 13.9. The van der Waals surface area contributed by atoms with Gasteiger partial charge in [-0.1, -0.05) is 54.9 Å². The SMILES string of the molecule is CC[C@]1(C(=O)c2ccc(Cl)cc2)[C@H]2c3ccccc3OC(=O)[C@]21C(=O)Nc1ccccc1. The molecule has 1 heterocycles. The molecule has 0 bridgehead atoms. The molecule has 32 heavy (non-hydrogen) atoms. The largest absolute Gasteiger partial charge is 0.425 e. The third kappa shape index (κ3) is 2.61. The fourth-order valence-corrected chi connectivity index (χ4v) is 5.44. The normalized spacial score (nSPS) is 25.2. The van der Waals surface area contributed by atoms with Crippen molar-refractivity contribution in [3.8, 4) is 5.75 Å². The van der Waals surface area contributed by atoms with E-state index < -0.39 is 28.6 Å². The maximum Gasteiger partial charge on any atom is 0.328 e. The number of hydrogen-bond acceptors (Lipinski definition) is 4. The van der Waals surface area contributed by atoms with Gasteiger partial charge in [-0.3, -0.25) is 14.4 Å². The summed E-state index contributed by atoms with van der Waals surface area (Å²) < 4.78 is 5.64. The first-order valence-corrected chi connectivity index (χ1v) is 10.8. The van der Waals surface area contributed by atoms with Crippen LogP contribution < -0.4 is 10.1 Å². The number of carbonyl (C=O) groups is 3. The molecule has 0 saturated heterocycles. The number of rotatable bonds is 5. The van der Waals surface area contributed by atoms with Gasteiger partial charge in [0, 0.05) is 27.8 Å². The molecule has 3 atom stereocenters. The number of para-hydroxylation sites is 2. The highest BCUT2D eigenvalue weighted by atomic mass is 35.5. The van der Waals surface area contributed by atoms with E-state index in [0.717, 1.165) is 0 Å². The molecular formula is C26H20ClNO4. The van der Waals surface area contributed by atoms with E-state index in [4.69, 9.17) is 16.3 Å². The second-order valence-electron chi connectivity index (χ2n) is 8.15. The Morgan fingerprint density at radius 3 is 2.31 bits per heavy atom. The van der Waals surface area contributed by atoms with Crippen molar-refractivity contribution in [1.82, 2.24) is 0 Å². The number of benzene rings is 3. The predicted octanol–water partition coefficient (Wildman–Crippen LogP) is 5.26. The van der Waals surface area contributed by atoms with E-state index in [1.807, 2.05) is 25.1 Å². The molecule has 1 amide bonds. The van der Waals surface area contributed by atoms with E-state index in [-0.39, 0.29) is 5.78 Å². The van der Waals surface area contributed by atoms with Crippen LogP contribution in [0.4, 0.5) is 5.69 Å². The maximum atomic E-state index is 13.9. The third-order valence-corrected chi connectivity index (χ3v) is 7.01. The monoisotopic (exact) mass is 445 g/mol. The molecule has 3 aromatic rings. The lowest BCUT2D eigenvalue weighted by Crippen LogP contribution is -2.42. The Kier molecular flexibility index (Phi) is 4.68. The zero-order valence-corrected chi connectivity index (χ0v) is 18.1. The van der Waals surface area contributed by atoms with Gasteiger partial charge in [0.2, 0.25) is 5.91 Å². The van der Waals surface area contributed by atoms with Crippen LogP contribution in [-0.2, 0) is 9.59 Å². The molecule has 5 rings (SSSR count). The average molecular weight is 446 g/mol. The van der Waals surface area contributed by atoms with Gasteiger partial charge in [0.1, 0.15) is 5.75 Å². The highest BCUT2D eigenvalue weighted by Gasteiger charge is 2.89. The van der Waals surface area contributed by atoms with Gasteiger partial charge in [-0.25, -0.2) is 0 Å². The summed E-state index contributed by atoms with van der Waals surface area (Å²) in [7, 11) is 0. The van der Waals surface area contributed by atoms with E-state index in [2.05, 4.69) is 5.32 Å². The molecule has 3 aromatic carbocycles. The summed E-state index contributed by atoms with van der Waals surface area (Å²) in [5.41, 5.74) is -1.26. The lowest BCUT2D eigenvalue weighted by atomic mass is 9.82. The van der Waals surface area contributed by atoms with Crippen molar-refractivity contribution in [2.75, 3.05) is 5.32 Å². The Balaban J connectivity index is 1.67. The van der Waals surface area contributed by atoms with Gasteiger partial charge in [0.05, 0.1) is 5.41 Å². The molecule has 1 fully saturated rings. The van der Waals surface area contributed by atoms with Crippen LogP contribution in [0.25, 0.3) is 0 Å². The minimum Gasteiger partial charge on any atom is -0.425 e. The number of ketones is 1. The molecular weight excluding hydrogens is 426 g/mol. The quantitative estimate of drug-likeness (QED) is 0.251. The van der Waals surface area contributed by atoms with Crippen LogP contribution in [0.1, 0.15) is 35.2 Å². The average Bonchev–Trinajstić information content (AvgIpc) is 3.47. The Morgan fingerprint density at radius 1 is 0.969 bits per heavy atom. The number of ether oxygens (including phenoxy) is 1. The van der Waals surface area contributed by atoms with Crippen molar-refractivity contribution in [2.24, 2.45) is 10.8 Å².